The van der Waals surface area contributed by atoms with E-state index in [2.05, 4.69) is 5.10 Å². The van der Waals surface area contributed by atoms with Crippen molar-refractivity contribution >= 4 is 28.1 Å². The molecule has 0 aliphatic heterocycles. The number of aromatic nitrogens is 4. The second-order valence-electron chi connectivity index (χ2n) is 5.82. The van der Waals surface area contributed by atoms with E-state index >= 15 is 4.39 Å². The highest BCUT2D eigenvalue weighted by atomic mass is 19.1. The summed E-state index contributed by atoms with van der Waals surface area (Å²) in [6, 6.07) is 2.19. The fraction of sp³-hybridized carbons (Fsp3) is 0.0588. The summed E-state index contributed by atoms with van der Waals surface area (Å²) in [4.78, 5) is 38.7. The molecule has 2 aromatic carbocycles. The number of nitrogens with zero attached hydrogens (tertiary/aromatic N) is 2. The van der Waals surface area contributed by atoms with Gasteiger partial charge in [0.05, 0.1) is 28.2 Å². The molecule has 2 heterocycles. The summed E-state index contributed by atoms with van der Waals surface area (Å²) in [5.41, 5.74) is -4.06. The van der Waals surface area contributed by atoms with Crippen molar-refractivity contribution in [1.29, 1.82) is 0 Å². The van der Waals surface area contributed by atoms with Crippen molar-refractivity contribution in [3.63, 3.8) is 0 Å². The third-order valence-electron chi connectivity index (χ3n) is 4.34. The summed E-state index contributed by atoms with van der Waals surface area (Å²) in [6.45, 7) is 0. The number of rotatable bonds is 2. The summed E-state index contributed by atoms with van der Waals surface area (Å²) < 4.78 is 45.4. The van der Waals surface area contributed by atoms with Gasteiger partial charge in [0, 0.05) is 18.2 Å². The van der Waals surface area contributed by atoms with E-state index in [0.29, 0.717) is 0 Å². The van der Waals surface area contributed by atoms with Crippen molar-refractivity contribution < 1.29 is 18.0 Å². The number of aromatic amines is 2. The molecule has 0 spiro atoms. The maximum absolute atomic E-state index is 15.2. The van der Waals surface area contributed by atoms with E-state index in [4.69, 9.17) is 0 Å². The summed E-state index contributed by atoms with van der Waals surface area (Å²) in [6.07, 6.45) is 1.26. The van der Waals surface area contributed by atoms with Gasteiger partial charge in [-0.2, -0.15) is 5.10 Å². The maximum Gasteiger partial charge on any atom is 0.326 e. The summed E-state index contributed by atoms with van der Waals surface area (Å²) in [7, 11) is 1.47. The molecule has 27 heavy (non-hydrogen) atoms. The van der Waals surface area contributed by atoms with Crippen molar-refractivity contribution in [2.45, 2.75) is 0 Å². The molecule has 0 radical (unpaired) electrons. The number of carbonyl (C=O) groups is 1. The van der Waals surface area contributed by atoms with Crippen molar-refractivity contribution in [2.24, 2.45) is 7.05 Å². The van der Waals surface area contributed by atoms with Gasteiger partial charge < -0.3 is 4.98 Å². The largest absolute Gasteiger partial charge is 0.326 e. The molecule has 0 fully saturated rings. The number of halogens is 3. The van der Waals surface area contributed by atoms with Gasteiger partial charge in [0.1, 0.15) is 17.0 Å². The Morgan fingerprint density at radius 1 is 1.11 bits per heavy atom. The van der Waals surface area contributed by atoms with Crippen molar-refractivity contribution in [3.05, 3.63) is 62.2 Å². The monoisotopic (exact) mass is 374 g/mol. The molecule has 0 aliphatic carbocycles. The van der Waals surface area contributed by atoms with Crippen LogP contribution in [-0.2, 0) is 7.05 Å². The van der Waals surface area contributed by atoms with Crippen LogP contribution in [0.15, 0.2) is 27.9 Å². The zero-order chi connectivity index (χ0) is 19.5. The van der Waals surface area contributed by atoms with Crippen LogP contribution in [0.25, 0.3) is 32.9 Å². The minimum absolute atomic E-state index is 0.0204. The lowest BCUT2D eigenvalue weighted by Gasteiger charge is -2.13. The number of hydrogen-bond acceptors (Lipinski definition) is 4. The Hall–Kier alpha value is -3.69. The van der Waals surface area contributed by atoms with Crippen LogP contribution < -0.4 is 11.2 Å². The van der Waals surface area contributed by atoms with E-state index in [9.17, 15) is 23.2 Å². The summed E-state index contributed by atoms with van der Waals surface area (Å²) in [5.74, 6) is -3.12. The highest BCUT2D eigenvalue weighted by molar-refractivity contribution is 6.03. The van der Waals surface area contributed by atoms with E-state index in [1.165, 1.54) is 24.0 Å². The van der Waals surface area contributed by atoms with E-state index in [1.807, 2.05) is 4.98 Å². The van der Waals surface area contributed by atoms with E-state index in [1.54, 1.807) is 4.98 Å². The molecule has 0 atom stereocenters. The Labute approximate surface area is 147 Å². The van der Waals surface area contributed by atoms with Crippen LogP contribution in [0.5, 0.6) is 0 Å². The fourth-order valence-electron chi connectivity index (χ4n) is 3.18. The number of carbonyl (C=O) groups excluding carboxylic acids is 1. The Bertz CT molecular complexity index is 1380. The van der Waals surface area contributed by atoms with Crippen molar-refractivity contribution in [2.75, 3.05) is 0 Å². The SMILES string of the molecule is Cn1ncc2c(F)ccc(-c3c(C=O)c(F)c4c(=O)[nH]c(=O)[nH]c4c3F)c21. The van der Waals surface area contributed by atoms with Gasteiger partial charge in [-0.15, -0.1) is 0 Å². The lowest BCUT2D eigenvalue weighted by Crippen LogP contribution is -2.24. The Kier molecular flexibility index (Phi) is 3.51. The number of fused-ring (bicyclic) bond motifs is 2. The van der Waals surface area contributed by atoms with Crippen LogP contribution in [0.2, 0.25) is 0 Å². The van der Waals surface area contributed by atoms with Gasteiger partial charge in [-0.25, -0.2) is 18.0 Å². The molecular formula is C17H9F3N4O3. The molecule has 10 heteroatoms. The lowest BCUT2D eigenvalue weighted by molar-refractivity contribution is 0.112. The molecule has 2 aromatic heterocycles. The van der Waals surface area contributed by atoms with Crippen molar-refractivity contribution in [1.82, 2.24) is 19.7 Å². The van der Waals surface area contributed by atoms with Gasteiger partial charge in [-0.3, -0.25) is 19.3 Å². The molecule has 4 rings (SSSR count). The van der Waals surface area contributed by atoms with Gasteiger partial charge >= 0.3 is 5.69 Å². The molecule has 0 saturated heterocycles. The average Bonchev–Trinajstić information content (AvgIpc) is 3.01. The van der Waals surface area contributed by atoms with Gasteiger partial charge in [-0.1, -0.05) is 0 Å². The molecule has 2 N–H and O–H groups in total. The first-order chi connectivity index (χ1) is 12.8. The topological polar surface area (TPSA) is 101 Å². The second-order valence-corrected chi connectivity index (χ2v) is 5.82. The van der Waals surface area contributed by atoms with Gasteiger partial charge in [0.2, 0.25) is 0 Å². The van der Waals surface area contributed by atoms with Gasteiger partial charge in [0.15, 0.2) is 12.1 Å². The minimum Gasteiger partial charge on any atom is -0.304 e. The zero-order valence-corrected chi connectivity index (χ0v) is 13.6. The van der Waals surface area contributed by atoms with Crippen LogP contribution in [0.3, 0.4) is 0 Å². The predicted octanol–water partition coefficient (Wildman–Crippen LogP) is 2.00. The predicted molar refractivity (Wildman–Crippen MR) is 90.2 cm³/mol. The van der Waals surface area contributed by atoms with Crippen LogP contribution in [0, 0.1) is 17.5 Å². The van der Waals surface area contributed by atoms with Gasteiger partial charge in [0.25, 0.3) is 5.56 Å². The lowest BCUT2D eigenvalue weighted by atomic mass is 9.95. The van der Waals surface area contributed by atoms with Crippen LogP contribution in [0.4, 0.5) is 13.2 Å². The van der Waals surface area contributed by atoms with E-state index in [-0.39, 0.29) is 22.8 Å². The maximum atomic E-state index is 15.2. The van der Waals surface area contributed by atoms with Crippen molar-refractivity contribution in [3.8, 4) is 11.1 Å². The minimum atomic E-state index is -1.30. The molecule has 0 unspecified atom stereocenters. The molecule has 0 aliphatic rings. The molecular weight excluding hydrogens is 365 g/mol. The molecule has 0 amide bonds. The quantitative estimate of drug-likeness (QED) is 0.524. The smallest absolute Gasteiger partial charge is 0.304 e. The Morgan fingerprint density at radius 2 is 1.85 bits per heavy atom. The normalized spacial score (nSPS) is 11.4. The number of aldehydes is 1. The van der Waals surface area contributed by atoms with Gasteiger partial charge in [-0.05, 0) is 12.1 Å². The second kappa shape index (κ2) is 5.66. The van der Waals surface area contributed by atoms with Crippen LogP contribution in [0.1, 0.15) is 10.4 Å². The Balaban J connectivity index is 2.28. The number of aryl methyl sites for hydroxylation is 1. The first kappa shape index (κ1) is 16.8. The third kappa shape index (κ3) is 2.23. The Morgan fingerprint density at radius 3 is 2.56 bits per heavy atom. The molecule has 0 saturated carbocycles. The van der Waals surface area contributed by atoms with E-state index < -0.39 is 50.7 Å². The molecule has 7 nitrogen and oxygen atoms in total. The highest BCUT2D eigenvalue weighted by Gasteiger charge is 2.26. The van der Waals surface area contributed by atoms with Crippen LogP contribution >= 0.6 is 0 Å². The van der Waals surface area contributed by atoms with E-state index in [0.717, 1.165) is 6.07 Å². The third-order valence-corrected chi connectivity index (χ3v) is 4.34. The number of H-pyrrole nitrogens is 2. The average molecular weight is 374 g/mol. The first-order valence-electron chi connectivity index (χ1n) is 7.58. The number of nitrogens with one attached hydrogen (secondary N) is 2. The summed E-state index contributed by atoms with van der Waals surface area (Å²) in [5, 5.41) is 3.14. The standard InChI is InChI=1S/C17H9F3N4O3/c1-24-15-6(2-3-9(18)7(15)4-21-24)10-8(5-25)12(19)11-14(13(10)20)22-17(27)23-16(11)26/h2-5H,1H3,(H2,22,23,26,27). The molecule has 4 aromatic rings. The zero-order valence-electron chi connectivity index (χ0n) is 13.6. The number of hydrogen-bond donors (Lipinski definition) is 2. The van der Waals surface area contributed by atoms with Crippen LogP contribution in [-0.4, -0.2) is 26.0 Å². The number of benzene rings is 2. The fourth-order valence-corrected chi connectivity index (χ4v) is 3.18. The molecule has 0 bridgehead atoms. The first-order valence-corrected chi connectivity index (χ1v) is 7.58. The highest BCUT2D eigenvalue weighted by Crippen LogP contribution is 2.36. The molecule has 136 valence electrons. The summed E-state index contributed by atoms with van der Waals surface area (Å²) >= 11 is 0.